The summed E-state index contributed by atoms with van der Waals surface area (Å²) in [6.07, 6.45) is -4.52. The van der Waals surface area contributed by atoms with Crippen molar-refractivity contribution in [1.29, 1.82) is 0 Å². The molecule has 0 spiro atoms. The first-order chi connectivity index (χ1) is 15.1. The molecule has 2 aromatic rings. The number of benzene rings is 2. The van der Waals surface area contributed by atoms with Gasteiger partial charge in [0.15, 0.2) is 0 Å². The van der Waals surface area contributed by atoms with Crippen LogP contribution < -0.4 is 15.5 Å². The third kappa shape index (κ3) is 5.04. The van der Waals surface area contributed by atoms with Gasteiger partial charge in [0.25, 0.3) is 5.91 Å². The van der Waals surface area contributed by atoms with E-state index in [0.29, 0.717) is 6.54 Å². The van der Waals surface area contributed by atoms with Crippen LogP contribution in [0.15, 0.2) is 53.4 Å². The molecule has 1 heterocycles. The molecule has 1 fully saturated rings. The van der Waals surface area contributed by atoms with Gasteiger partial charge in [0.2, 0.25) is 10.0 Å². The van der Waals surface area contributed by atoms with E-state index < -0.39 is 39.8 Å². The first-order valence-corrected chi connectivity index (χ1v) is 11.1. The molecule has 32 heavy (non-hydrogen) atoms. The fraction of sp³-hybridized carbons (Fsp3) is 0.350. The van der Waals surface area contributed by atoms with E-state index in [-0.39, 0.29) is 29.4 Å². The van der Waals surface area contributed by atoms with Gasteiger partial charge in [-0.15, -0.1) is 0 Å². The summed E-state index contributed by atoms with van der Waals surface area (Å²) in [5.41, 5.74) is 0.633. The molecule has 2 aromatic carbocycles. The molecule has 1 saturated heterocycles. The molecule has 2 atom stereocenters. The summed E-state index contributed by atoms with van der Waals surface area (Å²) < 4.78 is 71.9. The maximum Gasteiger partial charge on any atom is 0.416 e. The van der Waals surface area contributed by atoms with E-state index >= 15 is 0 Å². The number of nitrogens with one attached hydrogen (secondary N) is 2. The van der Waals surface area contributed by atoms with Crippen LogP contribution in [0, 0.1) is 0 Å². The maximum absolute atomic E-state index is 13.1. The zero-order valence-electron chi connectivity index (χ0n) is 17.0. The minimum absolute atomic E-state index is 0.0111. The van der Waals surface area contributed by atoms with Gasteiger partial charge in [-0.2, -0.15) is 17.5 Å². The number of rotatable bonds is 6. The van der Waals surface area contributed by atoms with Gasteiger partial charge in [-0.25, -0.2) is 13.9 Å². The summed E-state index contributed by atoms with van der Waals surface area (Å²) in [7, 11) is -4.09. The topological polar surface area (TPSA) is 108 Å². The Morgan fingerprint density at radius 2 is 1.88 bits per heavy atom. The van der Waals surface area contributed by atoms with Crippen LogP contribution in [0.25, 0.3) is 0 Å². The number of amides is 1. The number of halogens is 3. The molecule has 0 aliphatic carbocycles. The molecule has 3 N–H and O–H groups in total. The summed E-state index contributed by atoms with van der Waals surface area (Å²) in [5, 5.41) is 12.0. The van der Waals surface area contributed by atoms with Crippen LogP contribution in [0.2, 0.25) is 0 Å². The number of ether oxygens (including phenoxy) is 1. The standard InChI is InChI=1S/C20H22F3N3O5S/c1-13-18(19(27)25-28)26(11-10-24-13)32(29,30)16-8-6-15(7-9-16)31-12-14-4-2-3-5-17(14)20(21,22)23/h2-9,13,18,24,28H,10-12H2,1H3,(H,25,27). The van der Waals surface area contributed by atoms with Crippen molar-refractivity contribution in [3.8, 4) is 5.75 Å². The van der Waals surface area contributed by atoms with Crippen molar-refractivity contribution >= 4 is 15.9 Å². The zero-order valence-corrected chi connectivity index (χ0v) is 17.8. The van der Waals surface area contributed by atoms with Gasteiger partial charge in [0.05, 0.1) is 10.5 Å². The second-order valence-corrected chi connectivity index (χ2v) is 9.08. The predicted molar refractivity (Wildman–Crippen MR) is 107 cm³/mol. The van der Waals surface area contributed by atoms with Crippen LogP contribution in [0.5, 0.6) is 5.75 Å². The van der Waals surface area contributed by atoms with E-state index in [4.69, 9.17) is 9.94 Å². The highest BCUT2D eigenvalue weighted by Gasteiger charge is 2.41. The van der Waals surface area contributed by atoms with E-state index in [0.717, 1.165) is 10.4 Å². The Kier molecular flexibility index (Phi) is 7.08. The highest BCUT2D eigenvalue weighted by Crippen LogP contribution is 2.32. The van der Waals surface area contributed by atoms with E-state index in [2.05, 4.69) is 5.32 Å². The largest absolute Gasteiger partial charge is 0.489 e. The Morgan fingerprint density at radius 3 is 2.50 bits per heavy atom. The zero-order chi connectivity index (χ0) is 23.5. The number of hydrogen-bond acceptors (Lipinski definition) is 6. The molecule has 2 unspecified atom stereocenters. The number of sulfonamides is 1. The minimum Gasteiger partial charge on any atom is -0.489 e. The van der Waals surface area contributed by atoms with Crippen molar-refractivity contribution in [1.82, 2.24) is 15.1 Å². The molecule has 8 nitrogen and oxygen atoms in total. The van der Waals surface area contributed by atoms with Gasteiger partial charge in [0.1, 0.15) is 18.4 Å². The molecule has 1 aliphatic rings. The Bertz CT molecular complexity index is 1060. The van der Waals surface area contributed by atoms with Gasteiger partial charge in [-0.3, -0.25) is 10.0 Å². The molecular formula is C20H22F3N3O5S. The Balaban J connectivity index is 1.77. The fourth-order valence-electron chi connectivity index (χ4n) is 3.52. The van der Waals surface area contributed by atoms with Gasteiger partial charge >= 0.3 is 6.18 Å². The highest BCUT2D eigenvalue weighted by molar-refractivity contribution is 7.89. The number of hydrogen-bond donors (Lipinski definition) is 3. The maximum atomic E-state index is 13.1. The molecule has 174 valence electrons. The van der Waals surface area contributed by atoms with Gasteiger partial charge in [-0.1, -0.05) is 18.2 Å². The van der Waals surface area contributed by atoms with Crippen LogP contribution in [-0.2, 0) is 27.6 Å². The first kappa shape index (κ1) is 24.0. The van der Waals surface area contributed by atoms with Crippen molar-refractivity contribution in [3.63, 3.8) is 0 Å². The minimum atomic E-state index is -4.52. The Hall–Kier alpha value is -2.67. The van der Waals surface area contributed by atoms with Gasteiger partial charge in [-0.05, 0) is 37.3 Å². The second-order valence-electron chi connectivity index (χ2n) is 7.19. The average Bonchev–Trinajstić information content (AvgIpc) is 2.77. The monoisotopic (exact) mass is 473 g/mol. The van der Waals surface area contributed by atoms with Crippen LogP contribution in [0.3, 0.4) is 0 Å². The van der Waals surface area contributed by atoms with Crippen LogP contribution >= 0.6 is 0 Å². The fourth-order valence-corrected chi connectivity index (χ4v) is 5.18. The molecule has 3 rings (SSSR count). The first-order valence-electron chi connectivity index (χ1n) is 9.63. The molecule has 1 amide bonds. The van der Waals surface area contributed by atoms with Gasteiger partial charge in [0, 0.05) is 24.7 Å². The Morgan fingerprint density at radius 1 is 1.22 bits per heavy atom. The molecule has 0 bridgehead atoms. The summed E-state index contributed by atoms with van der Waals surface area (Å²) in [6, 6.07) is 8.48. The molecule has 0 radical (unpaired) electrons. The van der Waals surface area contributed by atoms with Gasteiger partial charge < -0.3 is 10.1 Å². The predicted octanol–water partition coefficient (Wildman–Crippen LogP) is 2.14. The van der Waals surface area contributed by atoms with Crippen molar-refractivity contribution in [2.45, 2.75) is 36.7 Å². The number of hydroxylamine groups is 1. The van der Waals surface area contributed by atoms with E-state index in [9.17, 15) is 26.4 Å². The number of carbonyl (C=O) groups is 1. The average molecular weight is 473 g/mol. The van der Waals surface area contributed by atoms with E-state index in [1.54, 1.807) is 6.92 Å². The van der Waals surface area contributed by atoms with Crippen molar-refractivity contribution in [3.05, 3.63) is 59.7 Å². The molecular weight excluding hydrogens is 451 g/mol. The van der Waals surface area contributed by atoms with Crippen molar-refractivity contribution in [2.75, 3.05) is 13.1 Å². The Labute approximate surface area is 183 Å². The summed E-state index contributed by atoms with van der Waals surface area (Å²) in [4.78, 5) is 11.9. The van der Waals surface area contributed by atoms with Crippen LogP contribution in [0.1, 0.15) is 18.1 Å². The second kappa shape index (κ2) is 9.45. The quantitative estimate of drug-likeness (QED) is 0.438. The smallest absolute Gasteiger partial charge is 0.416 e. The van der Waals surface area contributed by atoms with Crippen molar-refractivity contribution < 1.29 is 36.3 Å². The SMILES string of the molecule is CC1NCCN(S(=O)(=O)c2ccc(OCc3ccccc3C(F)(F)F)cc2)C1C(=O)NO. The van der Waals surface area contributed by atoms with Crippen LogP contribution in [0.4, 0.5) is 13.2 Å². The lowest BCUT2D eigenvalue weighted by atomic mass is 10.1. The molecule has 0 saturated carbocycles. The summed E-state index contributed by atoms with van der Waals surface area (Å²) in [5.74, 6) is -0.684. The van der Waals surface area contributed by atoms with Crippen molar-refractivity contribution in [2.24, 2.45) is 0 Å². The third-order valence-electron chi connectivity index (χ3n) is 5.11. The summed E-state index contributed by atoms with van der Waals surface area (Å²) >= 11 is 0. The van der Waals surface area contributed by atoms with E-state index in [1.807, 2.05) is 0 Å². The molecule has 0 aromatic heterocycles. The van der Waals surface area contributed by atoms with Crippen LogP contribution in [-0.4, -0.2) is 49.0 Å². The number of piperazine rings is 1. The lowest BCUT2D eigenvalue weighted by Crippen LogP contribution is -2.63. The number of alkyl halides is 3. The third-order valence-corrected chi connectivity index (χ3v) is 7.00. The van der Waals surface area contributed by atoms with E-state index in [1.165, 1.54) is 47.9 Å². The lowest BCUT2D eigenvalue weighted by molar-refractivity contribution is -0.138. The summed E-state index contributed by atoms with van der Waals surface area (Å²) in [6.45, 7) is 1.60. The number of carbonyl (C=O) groups excluding carboxylic acids is 1. The highest BCUT2D eigenvalue weighted by atomic mass is 32.2. The number of nitrogens with zero attached hydrogens (tertiary/aromatic N) is 1. The lowest BCUT2D eigenvalue weighted by Gasteiger charge is -2.37. The molecule has 1 aliphatic heterocycles. The molecule has 12 heteroatoms. The normalized spacial score (nSPS) is 20.0.